The molecule has 0 radical (unpaired) electrons. The minimum Gasteiger partial charge on any atom is -0.411 e. The summed E-state index contributed by atoms with van der Waals surface area (Å²) in [5, 5.41) is 11.4. The SMILES string of the molecule is Cc1cc(C)cc(-c2nnc(SC(C)C(=O)NCCC3=CCCCC3)o2)c1. The van der Waals surface area contributed by atoms with Crippen LogP contribution >= 0.6 is 11.8 Å². The van der Waals surface area contributed by atoms with Crippen LogP contribution < -0.4 is 5.32 Å². The summed E-state index contributed by atoms with van der Waals surface area (Å²) in [6.45, 7) is 6.63. The van der Waals surface area contributed by atoms with Crippen molar-refractivity contribution >= 4 is 17.7 Å². The molecule has 2 aromatic rings. The minimum atomic E-state index is -0.280. The van der Waals surface area contributed by atoms with Gasteiger partial charge in [0, 0.05) is 12.1 Å². The number of aromatic nitrogens is 2. The molecule has 1 aromatic heterocycles. The molecular weight excluding hydrogens is 358 g/mol. The third kappa shape index (κ3) is 5.70. The first-order valence-electron chi connectivity index (χ1n) is 9.56. The molecule has 1 atom stereocenters. The van der Waals surface area contributed by atoms with Gasteiger partial charge < -0.3 is 9.73 Å². The van der Waals surface area contributed by atoms with E-state index in [1.165, 1.54) is 43.0 Å². The van der Waals surface area contributed by atoms with Gasteiger partial charge in [-0.1, -0.05) is 40.6 Å². The lowest BCUT2D eigenvalue weighted by atomic mass is 9.97. The summed E-state index contributed by atoms with van der Waals surface area (Å²) in [7, 11) is 0. The standard InChI is InChI=1S/C21H27N3O2S/c1-14-11-15(2)13-18(12-14)20-23-24-21(26-20)27-16(3)19(25)22-10-9-17-7-5-4-6-8-17/h7,11-13,16H,4-6,8-10H2,1-3H3,(H,22,25). The summed E-state index contributed by atoms with van der Waals surface area (Å²) >= 11 is 1.29. The van der Waals surface area contributed by atoms with Crippen molar-refractivity contribution < 1.29 is 9.21 Å². The largest absolute Gasteiger partial charge is 0.411 e. The number of benzene rings is 1. The van der Waals surface area contributed by atoms with Crippen molar-refractivity contribution in [3.05, 3.63) is 41.0 Å². The van der Waals surface area contributed by atoms with Gasteiger partial charge in [-0.15, -0.1) is 10.2 Å². The third-order valence-corrected chi connectivity index (χ3v) is 5.59. The average molecular weight is 386 g/mol. The first-order valence-corrected chi connectivity index (χ1v) is 10.4. The van der Waals surface area contributed by atoms with Crippen LogP contribution in [0.5, 0.6) is 0 Å². The fourth-order valence-corrected chi connectivity index (χ4v) is 4.01. The Balaban J connectivity index is 1.51. The number of hydrogen-bond donors (Lipinski definition) is 1. The molecule has 1 heterocycles. The molecule has 1 amide bonds. The van der Waals surface area contributed by atoms with Gasteiger partial charge in [0.1, 0.15) is 0 Å². The van der Waals surface area contributed by atoms with E-state index in [4.69, 9.17) is 4.42 Å². The molecule has 0 spiro atoms. The highest BCUT2D eigenvalue weighted by Crippen LogP contribution is 2.27. The number of thioether (sulfide) groups is 1. The van der Waals surface area contributed by atoms with E-state index in [1.54, 1.807) is 0 Å². The maximum Gasteiger partial charge on any atom is 0.277 e. The molecule has 144 valence electrons. The van der Waals surface area contributed by atoms with E-state index in [2.05, 4.69) is 27.7 Å². The molecule has 6 heteroatoms. The zero-order valence-corrected chi connectivity index (χ0v) is 17.1. The second kappa shape index (κ2) is 9.22. The van der Waals surface area contributed by atoms with E-state index < -0.39 is 0 Å². The first-order chi connectivity index (χ1) is 13.0. The number of rotatable bonds is 7. The third-order valence-electron chi connectivity index (χ3n) is 4.65. The van der Waals surface area contributed by atoms with Gasteiger partial charge in [0.05, 0.1) is 5.25 Å². The fourth-order valence-electron chi connectivity index (χ4n) is 3.30. The van der Waals surface area contributed by atoms with Gasteiger partial charge in [-0.05, 0) is 65.0 Å². The Morgan fingerprint density at radius 2 is 2.00 bits per heavy atom. The molecule has 1 aromatic carbocycles. The zero-order chi connectivity index (χ0) is 19.2. The Morgan fingerprint density at radius 3 is 2.70 bits per heavy atom. The van der Waals surface area contributed by atoms with E-state index in [0.717, 1.165) is 23.1 Å². The lowest BCUT2D eigenvalue weighted by Crippen LogP contribution is -2.31. The second-order valence-corrected chi connectivity index (χ2v) is 8.45. The Labute approximate surface area is 165 Å². The highest BCUT2D eigenvalue weighted by molar-refractivity contribution is 8.00. The van der Waals surface area contributed by atoms with Crippen LogP contribution in [0.2, 0.25) is 0 Å². The number of hydrogen-bond acceptors (Lipinski definition) is 5. The summed E-state index contributed by atoms with van der Waals surface area (Å²) in [4.78, 5) is 12.3. The molecule has 0 saturated heterocycles. The molecule has 5 nitrogen and oxygen atoms in total. The Hall–Kier alpha value is -2.08. The van der Waals surface area contributed by atoms with Crippen molar-refractivity contribution in [3.8, 4) is 11.5 Å². The average Bonchev–Trinajstić information content (AvgIpc) is 3.10. The van der Waals surface area contributed by atoms with Crippen molar-refractivity contribution in [2.24, 2.45) is 0 Å². The summed E-state index contributed by atoms with van der Waals surface area (Å²) in [5.74, 6) is 0.490. The molecule has 0 bridgehead atoms. The minimum absolute atomic E-state index is 0.00237. The topological polar surface area (TPSA) is 68.0 Å². The predicted octanol–water partition coefficient (Wildman–Crippen LogP) is 4.84. The van der Waals surface area contributed by atoms with Crippen LogP contribution in [0.25, 0.3) is 11.5 Å². The number of nitrogens with one attached hydrogen (secondary N) is 1. The van der Waals surface area contributed by atoms with Gasteiger partial charge in [-0.3, -0.25) is 4.79 Å². The molecule has 1 N–H and O–H groups in total. The Morgan fingerprint density at radius 1 is 1.22 bits per heavy atom. The zero-order valence-electron chi connectivity index (χ0n) is 16.2. The second-order valence-electron chi connectivity index (χ2n) is 7.16. The molecule has 3 rings (SSSR count). The number of carbonyl (C=O) groups excluding carboxylic acids is 1. The van der Waals surface area contributed by atoms with Gasteiger partial charge in [0.15, 0.2) is 0 Å². The Kier molecular flexibility index (Phi) is 6.72. The highest BCUT2D eigenvalue weighted by atomic mass is 32.2. The maximum atomic E-state index is 12.3. The number of allylic oxidation sites excluding steroid dienone is 1. The molecule has 27 heavy (non-hydrogen) atoms. The summed E-state index contributed by atoms with van der Waals surface area (Å²) in [6, 6.07) is 6.14. The molecule has 0 aliphatic heterocycles. The molecule has 1 aliphatic carbocycles. The van der Waals surface area contributed by atoms with E-state index >= 15 is 0 Å². The van der Waals surface area contributed by atoms with Crippen LogP contribution in [-0.2, 0) is 4.79 Å². The van der Waals surface area contributed by atoms with Crippen molar-refractivity contribution in [2.75, 3.05) is 6.54 Å². The molecule has 1 unspecified atom stereocenters. The quantitative estimate of drug-likeness (QED) is 0.545. The van der Waals surface area contributed by atoms with Gasteiger partial charge >= 0.3 is 0 Å². The number of amides is 1. The smallest absolute Gasteiger partial charge is 0.277 e. The number of aryl methyl sites for hydroxylation is 2. The summed E-state index contributed by atoms with van der Waals surface area (Å²) in [6.07, 6.45) is 8.17. The van der Waals surface area contributed by atoms with Crippen molar-refractivity contribution in [3.63, 3.8) is 0 Å². The maximum absolute atomic E-state index is 12.3. The van der Waals surface area contributed by atoms with Crippen LogP contribution in [0.1, 0.15) is 50.2 Å². The summed E-state index contributed by atoms with van der Waals surface area (Å²) < 4.78 is 5.75. The lowest BCUT2D eigenvalue weighted by Gasteiger charge is -2.14. The highest BCUT2D eigenvalue weighted by Gasteiger charge is 2.19. The van der Waals surface area contributed by atoms with Crippen LogP contribution in [0.15, 0.2) is 39.5 Å². The first kappa shape index (κ1) is 19.7. The van der Waals surface area contributed by atoms with Gasteiger partial charge in [0.25, 0.3) is 5.22 Å². The van der Waals surface area contributed by atoms with Crippen LogP contribution in [0.4, 0.5) is 0 Å². The van der Waals surface area contributed by atoms with Crippen molar-refractivity contribution in [2.45, 2.75) is 63.3 Å². The number of nitrogens with zero attached hydrogens (tertiary/aromatic N) is 2. The summed E-state index contributed by atoms with van der Waals surface area (Å²) in [5.41, 5.74) is 4.68. The van der Waals surface area contributed by atoms with E-state index in [1.807, 2.05) is 32.9 Å². The lowest BCUT2D eigenvalue weighted by molar-refractivity contribution is -0.120. The van der Waals surface area contributed by atoms with Gasteiger partial charge in [0.2, 0.25) is 11.8 Å². The Bertz CT molecular complexity index is 808. The van der Waals surface area contributed by atoms with Crippen LogP contribution in [-0.4, -0.2) is 27.9 Å². The normalized spacial score (nSPS) is 15.3. The predicted molar refractivity (Wildman–Crippen MR) is 109 cm³/mol. The van der Waals surface area contributed by atoms with Crippen LogP contribution in [0, 0.1) is 13.8 Å². The number of carbonyl (C=O) groups is 1. The molecular formula is C21H27N3O2S. The van der Waals surface area contributed by atoms with Gasteiger partial charge in [-0.25, -0.2) is 0 Å². The monoisotopic (exact) mass is 385 g/mol. The van der Waals surface area contributed by atoms with E-state index in [-0.39, 0.29) is 11.2 Å². The van der Waals surface area contributed by atoms with Gasteiger partial charge in [-0.2, -0.15) is 0 Å². The van der Waals surface area contributed by atoms with Crippen LogP contribution in [0.3, 0.4) is 0 Å². The van der Waals surface area contributed by atoms with Crippen molar-refractivity contribution in [1.82, 2.24) is 15.5 Å². The van der Waals surface area contributed by atoms with E-state index in [0.29, 0.717) is 17.7 Å². The van der Waals surface area contributed by atoms with Crippen molar-refractivity contribution in [1.29, 1.82) is 0 Å². The molecule has 1 aliphatic rings. The van der Waals surface area contributed by atoms with E-state index in [9.17, 15) is 4.79 Å². The fraction of sp³-hybridized carbons (Fsp3) is 0.476. The molecule has 0 saturated carbocycles. The molecule has 0 fully saturated rings.